The Kier molecular flexibility index (Phi) is 5.86. The quantitative estimate of drug-likeness (QED) is 0.864. The van der Waals surface area contributed by atoms with Gasteiger partial charge in [-0.2, -0.15) is 0 Å². The van der Waals surface area contributed by atoms with E-state index in [0.29, 0.717) is 6.04 Å². The molecular weight excluding hydrogens is 248 g/mol. The van der Waals surface area contributed by atoms with Gasteiger partial charge in [0.25, 0.3) is 0 Å². The summed E-state index contributed by atoms with van der Waals surface area (Å²) in [7, 11) is 6.04. The fourth-order valence-electron chi connectivity index (χ4n) is 3.31. The SMILES string of the molecule is CNC1CCCCC1CN(C)Cc1ccc(OC)cc1. The number of methoxy groups -OCH3 is 1. The lowest BCUT2D eigenvalue weighted by Crippen LogP contribution is -2.41. The minimum Gasteiger partial charge on any atom is -0.497 e. The number of nitrogens with one attached hydrogen (secondary N) is 1. The van der Waals surface area contributed by atoms with Gasteiger partial charge in [0.05, 0.1) is 7.11 Å². The molecule has 0 radical (unpaired) electrons. The minimum absolute atomic E-state index is 0.696. The van der Waals surface area contributed by atoms with Crippen molar-refractivity contribution < 1.29 is 4.74 Å². The Labute approximate surface area is 123 Å². The van der Waals surface area contributed by atoms with E-state index in [4.69, 9.17) is 4.74 Å². The van der Waals surface area contributed by atoms with Gasteiger partial charge in [0, 0.05) is 19.1 Å². The number of hydrogen-bond donors (Lipinski definition) is 1. The van der Waals surface area contributed by atoms with Crippen LogP contribution in [0.15, 0.2) is 24.3 Å². The molecule has 1 aliphatic rings. The molecule has 1 aromatic carbocycles. The number of benzene rings is 1. The van der Waals surface area contributed by atoms with Crippen LogP contribution in [-0.2, 0) is 6.54 Å². The third-order valence-electron chi connectivity index (χ3n) is 4.44. The maximum Gasteiger partial charge on any atom is 0.118 e. The Balaban J connectivity index is 1.85. The highest BCUT2D eigenvalue weighted by Crippen LogP contribution is 2.25. The molecule has 1 N–H and O–H groups in total. The van der Waals surface area contributed by atoms with Crippen LogP contribution < -0.4 is 10.1 Å². The molecule has 3 nitrogen and oxygen atoms in total. The average molecular weight is 276 g/mol. The van der Waals surface area contributed by atoms with Gasteiger partial charge in [-0.05, 0) is 50.6 Å². The molecule has 0 aliphatic heterocycles. The third-order valence-corrected chi connectivity index (χ3v) is 4.44. The maximum atomic E-state index is 5.20. The summed E-state index contributed by atoms with van der Waals surface area (Å²) in [4.78, 5) is 2.45. The summed E-state index contributed by atoms with van der Waals surface area (Å²) in [6.45, 7) is 2.19. The first kappa shape index (κ1) is 15.3. The summed E-state index contributed by atoms with van der Waals surface area (Å²) in [5.41, 5.74) is 1.35. The molecule has 0 aromatic heterocycles. The van der Waals surface area contributed by atoms with E-state index in [0.717, 1.165) is 18.2 Å². The summed E-state index contributed by atoms with van der Waals surface area (Å²) in [6, 6.07) is 9.10. The summed E-state index contributed by atoms with van der Waals surface area (Å²) in [6.07, 6.45) is 5.46. The molecule has 20 heavy (non-hydrogen) atoms. The molecule has 0 heterocycles. The largest absolute Gasteiger partial charge is 0.497 e. The Morgan fingerprint density at radius 2 is 1.90 bits per heavy atom. The van der Waals surface area contributed by atoms with Gasteiger partial charge in [-0.25, -0.2) is 0 Å². The van der Waals surface area contributed by atoms with Crippen LogP contribution in [0.1, 0.15) is 31.2 Å². The topological polar surface area (TPSA) is 24.5 Å². The van der Waals surface area contributed by atoms with Gasteiger partial charge >= 0.3 is 0 Å². The van der Waals surface area contributed by atoms with Crippen LogP contribution in [0.25, 0.3) is 0 Å². The zero-order valence-corrected chi connectivity index (χ0v) is 13.1. The highest BCUT2D eigenvalue weighted by molar-refractivity contribution is 5.27. The molecule has 0 spiro atoms. The van der Waals surface area contributed by atoms with E-state index in [9.17, 15) is 0 Å². The molecule has 0 amide bonds. The molecular formula is C17H28N2O. The van der Waals surface area contributed by atoms with Gasteiger partial charge in [-0.15, -0.1) is 0 Å². The first-order chi connectivity index (χ1) is 9.72. The van der Waals surface area contributed by atoms with Crippen molar-refractivity contribution in [1.29, 1.82) is 0 Å². The zero-order valence-electron chi connectivity index (χ0n) is 13.1. The number of ether oxygens (including phenoxy) is 1. The van der Waals surface area contributed by atoms with Crippen LogP contribution in [0.2, 0.25) is 0 Å². The van der Waals surface area contributed by atoms with E-state index >= 15 is 0 Å². The Hall–Kier alpha value is -1.06. The molecule has 1 aromatic rings. The fraction of sp³-hybridized carbons (Fsp3) is 0.647. The van der Waals surface area contributed by atoms with E-state index in [-0.39, 0.29) is 0 Å². The van der Waals surface area contributed by atoms with Gasteiger partial charge in [-0.1, -0.05) is 25.0 Å². The first-order valence-electron chi connectivity index (χ1n) is 7.71. The molecule has 2 unspecified atom stereocenters. The lowest BCUT2D eigenvalue weighted by Gasteiger charge is -2.34. The second-order valence-corrected chi connectivity index (χ2v) is 5.98. The Morgan fingerprint density at radius 3 is 2.55 bits per heavy atom. The first-order valence-corrected chi connectivity index (χ1v) is 7.71. The molecule has 2 atom stereocenters. The highest BCUT2D eigenvalue weighted by atomic mass is 16.5. The summed E-state index contributed by atoms with van der Waals surface area (Å²) in [5.74, 6) is 1.72. The molecule has 2 rings (SSSR count). The van der Waals surface area contributed by atoms with Crippen molar-refractivity contribution in [1.82, 2.24) is 10.2 Å². The maximum absolute atomic E-state index is 5.20. The monoisotopic (exact) mass is 276 g/mol. The van der Waals surface area contributed by atoms with Crippen LogP contribution in [0.3, 0.4) is 0 Å². The zero-order chi connectivity index (χ0) is 14.4. The van der Waals surface area contributed by atoms with Crippen LogP contribution in [0.4, 0.5) is 0 Å². The number of rotatable bonds is 6. The highest BCUT2D eigenvalue weighted by Gasteiger charge is 2.24. The summed E-state index contributed by atoms with van der Waals surface area (Å²) >= 11 is 0. The normalized spacial score (nSPS) is 23.0. The van der Waals surface area contributed by atoms with Crippen LogP contribution in [-0.4, -0.2) is 38.7 Å². The number of nitrogens with zero attached hydrogens (tertiary/aromatic N) is 1. The third kappa shape index (κ3) is 4.22. The van der Waals surface area contributed by atoms with E-state index < -0.39 is 0 Å². The van der Waals surface area contributed by atoms with Crippen molar-refractivity contribution in [2.45, 2.75) is 38.3 Å². The lowest BCUT2D eigenvalue weighted by atomic mass is 9.84. The van der Waals surface area contributed by atoms with E-state index in [1.165, 1.54) is 37.8 Å². The second kappa shape index (κ2) is 7.65. The van der Waals surface area contributed by atoms with Crippen molar-refractivity contribution >= 4 is 0 Å². The van der Waals surface area contributed by atoms with Gasteiger partial charge < -0.3 is 15.0 Å². The molecule has 1 saturated carbocycles. The van der Waals surface area contributed by atoms with Crippen molar-refractivity contribution in [3.8, 4) is 5.75 Å². The Morgan fingerprint density at radius 1 is 1.20 bits per heavy atom. The average Bonchev–Trinajstić information content (AvgIpc) is 2.48. The smallest absolute Gasteiger partial charge is 0.118 e. The summed E-state index contributed by atoms with van der Waals surface area (Å²) < 4.78 is 5.20. The van der Waals surface area contributed by atoms with Gasteiger partial charge in [-0.3, -0.25) is 0 Å². The summed E-state index contributed by atoms with van der Waals surface area (Å²) in [5, 5.41) is 3.50. The molecule has 112 valence electrons. The van der Waals surface area contributed by atoms with Crippen molar-refractivity contribution in [3.63, 3.8) is 0 Å². The predicted molar refractivity (Wildman–Crippen MR) is 84.1 cm³/mol. The van der Waals surface area contributed by atoms with E-state index in [1.807, 2.05) is 12.1 Å². The van der Waals surface area contributed by atoms with Crippen LogP contribution in [0, 0.1) is 5.92 Å². The molecule has 0 saturated heterocycles. The fourth-order valence-corrected chi connectivity index (χ4v) is 3.31. The molecule has 0 bridgehead atoms. The molecule has 3 heteroatoms. The Bertz CT molecular complexity index is 390. The van der Waals surface area contributed by atoms with Gasteiger partial charge in [0.2, 0.25) is 0 Å². The van der Waals surface area contributed by atoms with Crippen LogP contribution in [0.5, 0.6) is 5.75 Å². The van der Waals surface area contributed by atoms with Gasteiger partial charge in [0.1, 0.15) is 5.75 Å². The molecule has 1 aliphatic carbocycles. The second-order valence-electron chi connectivity index (χ2n) is 5.98. The van der Waals surface area contributed by atoms with Crippen molar-refractivity contribution in [2.75, 3.05) is 27.7 Å². The minimum atomic E-state index is 0.696. The van der Waals surface area contributed by atoms with E-state index in [2.05, 4.69) is 36.4 Å². The number of hydrogen-bond acceptors (Lipinski definition) is 3. The van der Waals surface area contributed by atoms with Gasteiger partial charge in [0.15, 0.2) is 0 Å². The van der Waals surface area contributed by atoms with Crippen molar-refractivity contribution in [2.24, 2.45) is 5.92 Å². The predicted octanol–water partition coefficient (Wildman–Crippen LogP) is 2.91. The molecule has 1 fully saturated rings. The lowest BCUT2D eigenvalue weighted by molar-refractivity contribution is 0.190. The van der Waals surface area contributed by atoms with Crippen LogP contribution >= 0.6 is 0 Å². The standard InChI is InChI=1S/C17H28N2O/c1-18-17-7-5-4-6-15(17)13-19(2)12-14-8-10-16(20-3)11-9-14/h8-11,15,17-18H,4-7,12-13H2,1-3H3. The van der Waals surface area contributed by atoms with E-state index in [1.54, 1.807) is 7.11 Å². The van der Waals surface area contributed by atoms with Crippen molar-refractivity contribution in [3.05, 3.63) is 29.8 Å².